The van der Waals surface area contributed by atoms with Crippen LogP contribution < -0.4 is 9.64 Å². The van der Waals surface area contributed by atoms with Crippen molar-refractivity contribution in [3.05, 3.63) is 23.2 Å². The summed E-state index contributed by atoms with van der Waals surface area (Å²) in [5, 5.41) is 0.681. The zero-order valence-corrected chi connectivity index (χ0v) is 13.1. The Kier molecular flexibility index (Phi) is 4.08. The molecular weight excluding hydrogens is 272 g/mol. The number of piperidine rings is 1. The molecule has 2 unspecified atom stereocenters. The first-order chi connectivity index (χ1) is 9.69. The van der Waals surface area contributed by atoms with E-state index in [1.807, 2.05) is 6.07 Å². The summed E-state index contributed by atoms with van der Waals surface area (Å²) in [5.74, 6) is 0.766. The highest BCUT2D eigenvalue weighted by Gasteiger charge is 2.33. The second-order valence-corrected chi connectivity index (χ2v) is 6.37. The molecule has 0 spiro atoms. The number of nitrogens with zero attached hydrogens (tertiary/aromatic N) is 2. The molecule has 3 rings (SSSR count). The first kappa shape index (κ1) is 14.0. The van der Waals surface area contributed by atoms with Gasteiger partial charge < -0.3 is 9.64 Å². The van der Waals surface area contributed by atoms with Crippen LogP contribution in [0, 0.1) is 0 Å². The standard InChI is InChI=1S/C16H23ClN2O/c1-12-10-18-8-4-3-5-14(18)11-19(12)13-6-7-15(17)16(9-13)20-2/h6-7,9,12,14H,3-5,8,10-11H2,1-2H3. The average Bonchev–Trinajstić information content (AvgIpc) is 2.47. The summed E-state index contributed by atoms with van der Waals surface area (Å²) in [5.41, 5.74) is 1.23. The number of anilines is 1. The normalized spacial score (nSPS) is 27.2. The van der Waals surface area contributed by atoms with E-state index in [1.54, 1.807) is 7.11 Å². The molecule has 2 aliphatic heterocycles. The van der Waals surface area contributed by atoms with Gasteiger partial charge in [0.15, 0.2) is 0 Å². The zero-order valence-electron chi connectivity index (χ0n) is 12.3. The molecule has 2 atom stereocenters. The molecule has 20 heavy (non-hydrogen) atoms. The summed E-state index contributed by atoms with van der Waals surface area (Å²) in [4.78, 5) is 5.17. The van der Waals surface area contributed by atoms with Crippen LogP contribution >= 0.6 is 11.6 Å². The van der Waals surface area contributed by atoms with Crippen LogP contribution in [0.4, 0.5) is 5.69 Å². The van der Waals surface area contributed by atoms with E-state index in [2.05, 4.69) is 28.9 Å². The van der Waals surface area contributed by atoms with Crippen LogP contribution in [0.15, 0.2) is 18.2 Å². The Morgan fingerprint density at radius 3 is 2.90 bits per heavy atom. The van der Waals surface area contributed by atoms with Gasteiger partial charge in [0.2, 0.25) is 0 Å². The predicted molar refractivity (Wildman–Crippen MR) is 84.0 cm³/mol. The van der Waals surface area contributed by atoms with Gasteiger partial charge in [-0.2, -0.15) is 0 Å². The highest BCUT2D eigenvalue weighted by Crippen LogP contribution is 2.33. The summed E-state index contributed by atoms with van der Waals surface area (Å²) in [6.07, 6.45) is 4.05. The smallest absolute Gasteiger partial charge is 0.139 e. The lowest BCUT2D eigenvalue weighted by atomic mass is 9.96. The maximum Gasteiger partial charge on any atom is 0.139 e. The number of ether oxygens (including phenoxy) is 1. The predicted octanol–water partition coefficient (Wildman–Crippen LogP) is 3.41. The van der Waals surface area contributed by atoms with E-state index in [0.717, 1.165) is 18.8 Å². The lowest BCUT2D eigenvalue weighted by molar-refractivity contribution is 0.115. The van der Waals surface area contributed by atoms with Crippen molar-refractivity contribution in [2.24, 2.45) is 0 Å². The zero-order chi connectivity index (χ0) is 14.1. The minimum Gasteiger partial charge on any atom is -0.495 e. The summed E-state index contributed by atoms with van der Waals surface area (Å²) in [6, 6.07) is 7.36. The third-order valence-corrected chi connectivity index (χ3v) is 4.97. The number of halogens is 1. The quantitative estimate of drug-likeness (QED) is 0.831. The van der Waals surface area contributed by atoms with E-state index in [0.29, 0.717) is 17.1 Å². The fourth-order valence-electron chi connectivity index (χ4n) is 3.54. The Bertz CT molecular complexity index is 480. The number of benzene rings is 1. The monoisotopic (exact) mass is 294 g/mol. The van der Waals surface area contributed by atoms with Crippen LogP contribution in [0.1, 0.15) is 26.2 Å². The molecule has 0 aromatic heterocycles. The van der Waals surface area contributed by atoms with Crippen molar-refractivity contribution in [2.75, 3.05) is 31.6 Å². The average molecular weight is 295 g/mol. The van der Waals surface area contributed by atoms with Crippen molar-refractivity contribution in [3.8, 4) is 5.75 Å². The maximum atomic E-state index is 6.13. The molecule has 0 saturated carbocycles. The second-order valence-electron chi connectivity index (χ2n) is 5.96. The van der Waals surface area contributed by atoms with Crippen molar-refractivity contribution in [1.29, 1.82) is 0 Å². The van der Waals surface area contributed by atoms with E-state index in [4.69, 9.17) is 16.3 Å². The van der Waals surface area contributed by atoms with Crippen LogP contribution in [0.25, 0.3) is 0 Å². The minimum absolute atomic E-state index is 0.537. The Labute approximate surface area is 126 Å². The fraction of sp³-hybridized carbons (Fsp3) is 0.625. The topological polar surface area (TPSA) is 15.7 Å². The molecule has 1 aromatic carbocycles. The van der Waals surface area contributed by atoms with Crippen LogP contribution in [0.2, 0.25) is 5.02 Å². The van der Waals surface area contributed by atoms with Gasteiger partial charge in [-0.15, -0.1) is 0 Å². The molecule has 0 N–H and O–H groups in total. The van der Waals surface area contributed by atoms with E-state index in [1.165, 1.54) is 31.5 Å². The van der Waals surface area contributed by atoms with Crippen molar-refractivity contribution >= 4 is 17.3 Å². The molecule has 0 aliphatic carbocycles. The third kappa shape index (κ3) is 2.61. The number of hydrogen-bond acceptors (Lipinski definition) is 3. The second kappa shape index (κ2) is 5.82. The Balaban J connectivity index is 1.82. The number of methoxy groups -OCH3 is 1. The lowest BCUT2D eigenvalue weighted by Crippen LogP contribution is -2.58. The number of fused-ring (bicyclic) bond motifs is 1. The molecule has 2 aliphatic rings. The van der Waals surface area contributed by atoms with Crippen LogP contribution in [0.3, 0.4) is 0 Å². The first-order valence-corrected chi connectivity index (χ1v) is 7.91. The number of hydrogen-bond donors (Lipinski definition) is 0. The molecule has 0 radical (unpaired) electrons. The largest absolute Gasteiger partial charge is 0.495 e. The Hall–Kier alpha value is -0.930. The van der Waals surface area contributed by atoms with E-state index in [9.17, 15) is 0 Å². The highest BCUT2D eigenvalue weighted by atomic mass is 35.5. The van der Waals surface area contributed by atoms with Gasteiger partial charge in [-0.25, -0.2) is 0 Å². The molecule has 2 saturated heterocycles. The fourth-order valence-corrected chi connectivity index (χ4v) is 3.73. The molecule has 0 bridgehead atoms. The maximum absolute atomic E-state index is 6.13. The Morgan fingerprint density at radius 2 is 2.10 bits per heavy atom. The van der Waals surface area contributed by atoms with E-state index < -0.39 is 0 Å². The molecule has 2 heterocycles. The van der Waals surface area contributed by atoms with Crippen molar-refractivity contribution < 1.29 is 4.74 Å². The third-order valence-electron chi connectivity index (χ3n) is 4.65. The molecule has 110 valence electrons. The van der Waals surface area contributed by atoms with Gasteiger partial charge in [0, 0.05) is 36.9 Å². The molecule has 2 fully saturated rings. The van der Waals surface area contributed by atoms with Crippen LogP contribution in [-0.2, 0) is 0 Å². The summed E-state index contributed by atoms with van der Waals surface area (Å²) in [7, 11) is 1.67. The molecular formula is C16H23ClN2O. The highest BCUT2D eigenvalue weighted by molar-refractivity contribution is 6.32. The lowest BCUT2D eigenvalue weighted by Gasteiger charge is -2.48. The van der Waals surface area contributed by atoms with E-state index in [-0.39, 0.29) is 0 Å². The minimum atomic E-state index is 0.537. The number of piperazine rings is 1. The molecule has 1 aromatic rings. The summed E-state index contributed by atoms with van der Waals surface area (Å²) >= 11 is 6.13. The van der Waals surface area contributed by atoms with Gasteiger partial charge in [-0.05, 0) is 38.4 Å². The van der Waals surface area contributed by atoms with Crippen LogP contribution in [-0.4, -0.2) is 43.7 Å². The van der Waals surface area contributed by atoms with Gasteiger partial charge in [0.1, 0.15) is 5.75 Å². The summed E-state index contributed by atoms with van der Waals surface area (Å²) in [6.45, 7) is 5.86. The number of rotatable bonds is 2. The van der Waals surface area contributed by atoms with Gasteiger partial charge in [0.05, 0.1) is 12.1 Å². The van der Waals surface area contributed by atoms with Gasteiger partial charge in [-0.1, -0.05) is 18.0 Å². The van der Waals surface area contributed by atoms with Gasteiger partial charge in [0.25, 0.3) is 0 Å². The van der Waals surface area contributed by atoms with Crippen molar-refractivity contribution in [2.45, 2.75) is 38.3 Å². The van der Waals surface area contributed by atoms with Crippen molar-refractivity contribution in [1.82, 2.24) is 4.90 Å². The SMILES string of the molecule is COc1cc(N2CC3CCCCN3CC2C)ccc1Cl. The molecule has 4 heteroatoms. The van der Waals surface area contributed by atoms with Crippen molar-refractivity contribution in [3.63, 3.8) is 0 Å². The van der Waals surface area contributed by atoms with Gasteiger partial charge in [-0.3, -0.25) is 4.90 Å². The van der Waals surface area contributed by atoms with E-state index >= 15 is 0 Å². The summed E-state index contributed by atoms with van der Waals surface area (Å²) < 4.78 is 5.35. The van der Waals surface area contributed by atoms with Crippen LogP contribution in [0.5, 0.6) is 5.75 Å². The first-order valence-electron chi connectivity index (χ1n) is 7.53. The molecule has 0 amide bonds. The molecule has 3 nitrogen and oxygen atoms in total. The Morgan fingerprint density at radius 1 is 1.25 bits per heavy atom. The van der Waals surface area contributed by atoms with Gasteiger partial charge >= 0.3 is 0 Å².